The minimum absolute atomic E-state index is 0.123. The maximum absolute atomic E-state index is 13.9. The topological polar surface area (TPSA) is 65.5 Å². The summed E-state index contributed by atoms with van der Waals surface area (Å²) in [7, 11) is 0. The molecular formula is C18H19FN4O2. The summed E-state index contributed by atoms with van der Waals surface area (Å²) >= 11 is 0. The first-order chi connectivity index (χ1) is 12.0. The van der Waals surface area contributed by atoms with E-state index in [0.717, 1.165) is 0 Å². The van der Waals surface area contributed by atoms with Gasteiger partial charge in [-0.05, 0) is 24.3 Å². The number of hydrogen-bond acceptors (Lipinski definition) is 4. The van der Waals surface area contributed by atoms with Gasteiger partial charge in [0.05, 0.1) is 5.69 Å². The highest BCUT2D eigenvalue weighted by Crippen LogP contribution is 2.21. The summed E-state index contributed by atoms with van der Waals surface area (Å²) in [6.45, 7) is 3.53. The predicted molar refractivity (Wildman–Crippen MR) is 93.1 cm³/mol. The van der Waals surface area contributed by atoms with Crippen LogP contribution in [-0.4, -0.2) is 47.9 Å². The molecule has 3 rings (SSSR count). The van der Waals surface area contributed by atoms with Crippen molar-refractivity contribution in [3.8, 4) is 0 Å². The number of halogens is 1. The van der Waals surface area contributed by atoms with Crippen LogP contribution in [0.25, 0.3) is 0 Å². The minimum Gasteiger partial charge on any atom is -0.366 e. The fraction of sp³-hybridized carbons (Fsp3) is 0.278. The number of nitrogens with one attached hydrogen (secondary N) is 1. The number of anilines is 2. The van der Waals surface area contributed by atoms with Crippen molar-refractivity contribution >= 4 is 23.3 Å². The average Bonchev–Trinajstić information content (AvgIpc) is 2.61. The SMILES string of the molecule is CC(=O)Nc1cc(C(=O)N2CCN(c3ccccc3F)CC2)ccn1. The molecule has 0 saturated carbocycles. The van der Waals surface area contributed by atoms with Crippen LogP contribution < -0.4 is 10.2 Å². The zero-order valence-corrected chi connectivity index (χ0v) is 13.9. The van der Waals surface area contributed by atoms with E-state index < -0.39 is 0 Å². The van der Waals surface area contributed by atoms with E-state index in [4.69, 9.17) is 0 Å². The molecule has 2 heterocycles. The molecule has 0 bridgehead atoms. The Balaban J connectivity index is 1.66. The molecule has 7 heteroatoms. The maximum atomic E-state index is 13.9. The molecule has 1 aliphatic rings. The number of benzene rings is 1. The third-order valence-corrected chi connectivity index (χ3v) is 4.07. The van der Waals surface area contributed by atoms with E-state index in [1.165, 1.54) is 19.2 Å². The van der Waals surface area contributed by atoms with E-state index in [-0.39, 0.29) is 17.6 Å². The van der Waals surface area contributed by atoms with Gasteiger partial charge in [-0.1, -0.05) is 12.1 Å². The van der Waals surface area contributed by atoms with Crippen LogP contribution in [0.4, 0.5) is 15.9 Å². The Kier molecular flexibility index (Phi) is 4.92. The van der Waals surface area contributed by atoms with Gasteiger partial charge in [-0.3, -0.25) is 9.59 Å². The zero-order valence-electron chi connectivity index (χ0n) is 13.9. The second-order valence-corrected chi connectivity index (χ2v) is 5.84. The number of carbonyl (C=O) groups is 2. The van der Waals surface area contributed by atoms with Gasteiger partial charge in [0.2, 0.25) is 5.91 Å². The molecule has 6 nitrogen and oxygen atoms in total. The molecule has 1 aromatic heterocycles. The van der Waals surface area contributed by atoms with Crippen LogP contribution in [0.5, 0.6) is 0 Å². The molecule has 130 valence electrons. The summed E-state index contributed by atoms with van der Waals surface area (Å²) in [5.41, 5.74) is 1.03. The Bertz CT molecular complexity index is 788. The Hall–Kier alpha value is -2.96. The number of para-hydroxylation sites is 1. The summed E-state index contributed by atoms with van der Waals surface area (Å²) in [6, 6.07) is 9.83. The highest BCUT2D eigenvalue weighted by Gasteiger charge is 2.23. The van der Waals surface area contributed by atoms with Crippen LogP contribution >= 0.6 is 0 Å². The third kappa shape index (κ3) is 3.93. The molecule has 0 spiro atoms. The molecule has 1 aromatic carbocycles. The van der Waals surface area contributed by atoms with Crippen molar-refractivity contribution < 1.29 is 14.0 Å². The Labute approximate surface area is 145 Å². The first-order valence-electron chi connectivity index (χ1n) is 8.07. The van der Waals surface area contributed by atoms with Gasteiger partial charge in [-0.25, -0.2) is 9.37 Å². The highest BCUT2D eigenvalue weighted by atomic mass is 19.1. The minimum atomic E-state index is -0.253. The summed E-state index contributed by atoms with van der Waals surface area (Å²) in [5, 5.41) is 2.57. The normalized spacial score (nSPS) is 14.3. The van der Waals surface area contributed by atoms with E-state index in [1.807, 2.05) is 4.90 Å². The second kappa shape index (κ2) is 7.29. The fourth-order valence-corrected chi connectivity index (χ4v) is 2.85. The fourth-order valence-electron chi connectivity index (χ4n) is 2.85. The number of rotatable bonds is 3. The molecule has 1 saturated heterocycles. The molecule has 0 radical (unpaired) electrons. The monoisotopic (exact) mass is 342 g/mol. The quantitative estimate of drug-likeness (QED) is 0.928. The van der Waals surface area contributed by atoms with Crippen LogP contribution in [0, 0.1) is 5.82 Å². The van der Waals surface area contributed by atoms with E-state index in [2.05, 4.69) is 10.3 Å². The van der Waals surface area contributed by atoms with Crippen molar-refractivity contribution in [2.45, 2.75) is 6.92 Å². The molecule has 2 aromatic rings. The van der Waals surface area contributed by atoms with Crippen molar-refractivity contribution in [3.05, 3.63) is 54.0 Å². The van der Waals surface area contributed by atoms with E-state index in [9.17, 15) is 14.0 Å². The lowest BCUT2D eigenvalue weighted by atomic mass is 10.2. The lowest BCUT2D eigenvalue weighted by Gasteiger charge is -2.36. The summed E-state index contributed by atoms with van der Waals surface area (Å²) in [6.07, 6.45) is 1.49. The van der Waals surface area contributed by atoms with Crippen LogP contribution in [0.3, 0.4) is 0 Å². The third-order valence-electron chi connectivity index (χ3n) is 4.07. The lowest BCUT2D eigenvalue weighted by molar-refractivity contribution is -0.114. The van der Waals surface area contributed by atoms with E-state index in [1.54, 1.807) is 35.2 Å². The van der Waals surface area contributed by atoms with Crippen LogP contribution in [0.2, 0.25) is 0 Å². The van der Waals surface area contributed by atoms with Gasteiger partial charge in [-0.15, -0.1) is 0 Å². The number of amides is 2. The van der Waals surface area contributed by atoms with Gasteiger partial charge in [0, 0.05) is 44.9 Å². The molecule has 25 heavy (non-hydrogen) atoms. The van der Waals surface area contributed by atoms with Gasteiger partial charge in [0.1, 0.15) is 11.6 Å². The smallest absolute Gasteiger partial charge is 0.254 e. The molecule has 1 aliphatic heterocycles. The van der Waals surface area contributed by atoms with E-state index >= 15 is 0 Å². The number of aromatic nitrogens is 1. The Morgan fingerprint density at radius 1 is 1.12 bits per heavy atom. The van der Waals surface area contributed by atoms with Crippen molar-refractivity contribution in [2.75, 3.05) is 36.4 Å². The average molecular weight is 342 g/mol. The number of hydrogen-bond donors (Lipinski definition) is 1. The van der Waals surface area contributed by atoms with Gasteiger partial charge >= 0.3 is 0 Å². The Morgan fingerprint density at radius 2 is 1.84 bits per heavy atom. The van der Waals surface area contributed by atoms with E-state index in [0.29, 0.717) is 43.2 Å². The van der Waals surface area contributed by atoms with Crippen LogP contribution in [0.1, 0.15) is 17.3 Å². The molecule has 1 N–H and O–H groups in total. The first-order valence-corrected chi connectivity index (χ1v) is 8.07. The molecular weight excluding hydrogens is 323 g/mol. The van der Waals surface area contributed by atoms with Crippen molar-refractivity contribution in [1.82, 2.24) is 9.88 Å². The highest BCUT2D eigenvalue weighted by molar-refractivity contribution is 5.96. The maximum Gasteiger partial charge on any atom is 0.254 e. The second-order valence-electron chi connectivity index (χ2n) is 5.84. The van der Waals surface area contributed by atoms with Crippen molar-refractivity contribution in [3.63, 3.8) is 0 Å². The van der Waals surface area contributed by atoms with Crippen molar-refractivity contribution in [2.24, 2.45) is 0 Å². The van der Waals surface area contributed by atoms with Gasteiger partial charge in [0.25, 0.3) is 5.91 Å². The Morgan fingerprint density at radius 3 is 2.52 bits per heavy atom. The van der Waals surface area contributed by atoms with Crippen LogP contribution in [0.15, 0.2) is 42.6 Å². The standard InChI is InChI=1S/C18H19FN4O2/c1-13(24)21-17-12-14(6-7-20-17)18(25)23-10-8-22(9-11-23)16-5-3-2-4-15(16)19/h2-7,12H,8-11H2,1H3,(H,20,21,24). The summed E-state index contributed by atoms with van der Waals surface area (Å²) < 4.78 is 13.9. The number of carbonyl (C=O) groups excluding carboxylic acids is 2. The molecule has 2 amide bonds. The first kappa shape index (κ1) is 16.9. The lowest BCUT2D eigenvalue weighted by Crippen LogP contribution is -2.49. The van der Waals surface area contributed by atoms with Gasteiger partial charge in [-0.2, -0.15) is 0 Å². The summed E-state index contributed by atoms with van der Waals surface area (Å²) in [5.74, 6) is -0.266. The molecule has 0 unspecified atom stereocenters. The summed E-state index contributed by atoms with van der Waals surface area (Å²) in [4.78, 5) is 31.4. The number of pyridine rings is 1. The number of nitrogens with zero attached hydrogens (tertiary/aromatic N) is 3. The zero-order chi connectivity index (χ0) is 17.8. The van der Waals surface area contributed by atoms with Gasteiger partial charge in [0.15, 0.2) is 0 Å². The number of piperazine rings is 1. The van der Waals surface area contributed by atoms with Crippen LogP contribution in [-0.2, 0) is 4.79 Å². The van der Waals surface area contributed by atoms with Crippen molar-refractivity contribution in [1.29, 1.82) is 0 Å². The predicted octanol–water partition coefficient (Wildman–Crippen LogP) is 2.14. The van der Waals surface area contributed by atoms with Gasteiger partial charge < -0.3 is 15.1 Å². The molecule has 1 fully saturated rings. The molecule has 0 atom stereocenters. The largest absolute Gasteiger partial charge is 0.366 e. The molecule has 0 aliphatic carbocycles.